The Bertz CT molecular complexity index is 828. The average Bonchev–Trinajstić information content (AvgIpc) is 2.62. The molecule has 1 N–H and O–H groups in total. The molecule has 0 amide bonds. The van der Waals surface area contributed by atoms with Gasteiger partial charge in [0.05, 0.1) is 5.02 Å². The smallest absolute Gasteiger partial charge is 0.347 e. The summed E-state index contributed by atoms with van der Waals surface area (Å²) in [5.41, 5.74) is -0.158. The lowest BCUT2D eigenvalue weighted by Gasteiger charge is -2.24. The molecule has 1 aromatic carbocycles. The summed E-state index contributed by atoms with van der Waals surface area (Å²) in [6.07, 6.45) is 3.76. The number of carbonyl (C=O) groups excluding carboxylic acids is 2. The van der Waals surface area contributed by atoms with Crippen molar-refractivity contribution in [1.82, 2.24) is 0 Å². The quantitative estimate of drug-likeness (QED) is 0.640. The summed E-state index contributed by atoms with van der Waals surface area (Å²) < 4.78 is 10.2. The molecule has 0 spiro atoms. The maximum absolute atomic E-state index is 11.8. The first-order chi connectivity index (χ1) is 13.1. The average molecular weight is 429 g/mol. The molecule has 1 unspecified atom stereocenters. The number of benzene rings is 1. The van der Waals surface area contributed by atoms with Gasteiger partial charge in [0.2, 0.25) is 5.60 Å². The second kappa shape index (κ2) is 8.97. The Morgan fingerprint density at radius 3 is 2.54 bits per heavy atom. The van der Waals surface area contributed by atoms with E-state index in [1.165, 1.54) is 13.8 Å². The van der Waals surface area contributed by atoms with E-state index in [4.69, 9.17) is 37.8 Å². The lowest BCUT2D eigenvalue weighted by atomic mass is 9.81. The summed E-state index contributed by atoms with van der Waals surface area (Å²) in [5, 5.41) is 9.33. The summed E-state index contributed by atoms with van der Waals surface area (Å²) in [6.45, 7) is 4.04. The SMILES string of the molecule is CCC1CCC(=O)C=C1c1ccc(OCC(=O)OC(C)(C)C(=O)O)c(Cl)c1Cl. The maximum Gasteiger partial charge on any atom is 0.347 e. The number of carbonyl (C=O) groups is 3. The summed E-state index contributed by atoms with van der Waals surface area (Å²) in [5.74, 6) is -1.69. The molecule has 28 heavy (non-hydrogen) atoms. The van der Waals surface area contributed by atoms with Crippen LogP contribution in [0.1, 0.15) is 45.6 Å². The molecule has 0 bridgehead atoms. The number of esters is 1. The van der Waals surface area contributed by atoms with E-state index >= 15 is 0 Å². The summed E-state index contributed by atoms with van der Waals surface area (Å²) in [4.78, 5) is 34.7. The van der Waals surface area contributed by atoms with Gasteiger partial charge < -0.3 is 14.6 Å². The molecular weight excluding hydrogens is 407 g/mol. The van der Waals surface area contributed by atoms with E-state index in [2.05, 4.69) is 0 Å². The van der Waals surface area contributed by atoms with Crippen LogP contribution in [-0.2, 0) is 19.1 Å². The Kier molecular flexibility index (Phi) is 7.12. The first kappa shape index (κ1) is 22.2. The van der Waals surface area contributed by atoms with Crippen LogP contribution in [0.5, 0.6) is 5.75 Å². The van der Waals surface area contributed by atoms with Gasteiger partial charge in [-0.25, -0.2) is 9.59 Å². The molecule has 1 aliphatic rings. The number of allylic oxidation sites excluding steroid dienone is 2. The van der Waals surface area contributed by atoms with Crippen molar-refractivity contribution < 1.29 is 29.0 Å². The van der Waals surface area contributed by atoms with Crippen LogP contribution in [-0.4, -0.2) is 35.0 Å². The van der Waals surface area contributed by atoms with Crippen LogP contribution in [0.3, 0.4) is 0 Å². The Labute approximate surface area is 173 Å². The predicted molar refractivity (Wildman–Crippen MR) is 106 cm³/mol. The van der Waals surface area contributed by atoms with Crippen molar-refractivity contribution in [2.24, 2.45) is 5.92 Å². The van der Waals surface area contributed by atoms with Gasteiger partial charge in [0.1, 0.15) is 10.8 Å². The third kappa shape index (κ3) is 5.06. The molecule has 1 aliphatic carbocycles. The summed E-state index contributed by atoms with van der Waals surface area (Å²) in [7, 11) is 0. The second-order valence-electron chi connectivity index (χ2n) is 7.03. The number of ketones is 1. The van der Waals surface area contributed by atoms with Gasteiger partial charge in [-0.15, -0.1) is 0 Å². The number of halogens is 2. The fraction of sp³-hybridized carbons (Fsp3) is 0.450. The van der Waals surface area contributed by atoms with Gasteiger partial charge in [-0.3, -0.25) is 4.79 Å². The molecule has 0 aromatic heterocycles. The van der Waals surface area contributed by atoms with Gasteiger partial charge in [-0.1, -0.05) is 30.1 Å². The molecule has 1 aromatic rings. The normalized spacial score (nSPS) is 17.1. The lowest BCUT2D eigenvalue weighted by Crippen LogP contribution is -2.38. The van der Waals surface area contributed by atoms with Gasteiger partial charge in [0.15, 0.2) is 12.4 Å². The van der Waals surface area contributed by atoms with Crippen molar-refractivity contribution in [3.63, 3.8) is 0 Å². The molecule has 0 saturated heterocycles. The number of hydrogen-bond acceptors (Lipinski definition) is 5. The molecule has 0 saturated carbocycles. The molecule has 0 aliphatic heterocycles. The van der Waals surface area contributed by atoms with Crippen molar-refractivity contribution >= 4 is 46.5 Å². The molecule has 6 nitrogen and oxygen atoms in total. The standard InChI is InChI=1S/C20H22Cl2O6/c1-4-11-5-6-12(23)9-14(11)13-7-8-15(18(22)17(13)21)27-10-16(24)28-20(2,3)19(25)26/h7-9,11H,4-6,10H2,1-3H3,(H,25,26). The molecular formula is C20H22Cl2O6. The number of ether oxygens (including phenoxy) is 2. The third-order valence-electron chi connectivity index (χ3n) is 4.58. The van der Waals surface area contributed by atoms with E-state index in [0.717, 1.165) is 18.4 Å². The van der Waals surface area contributed by atoms with Crippen molar-refractivity contribution in [3.05, 3.63) is 33.8 Å². The van der Waals surface area contributed by atoms with Crippen molar-refractivity contribution in [2.75, 3.05) is 6.61 Å². The van der Waals surface area contributed by atoms with Crippen LogP contribution < -0.4 is 4.74 Å². The summed E-state index contributed by atoms with van der Waals surface area (Å²) >= 11 is 12.7. The van der Waals surface area contributed by atoms with Crippen LogP contribution >= 0.6 is 23.2 Å². The molecule has 8 heteroatoms. The number of carboxylic acids is 1. The Morgan fingerprint density at radius 1 is 1.25 bits per heavy atom. The van der Waals surface area contributed by atoms with E-state index in [-0.39, 0.29) is 27.5 Å². The Balaban J connectivity index is 2.17. The monoisotopic (exact) mass is 428 g/mol. The first-order valence-electron chi connectivity index (χ1n) is 8.87. The topological polar surface area (TPSA) is 89.9 Å². The molecule has 0 radical (unpaired) electrons. The zero-order valence-electron chi connectivity index (χ0n) is 15.9. The minimum Gasteiger partial charge on any atom is -0.480 e. The fourth-order valence-electron chi connectivity index (χ4n) is 2.92. The highest BCUT2D eigenvalue weighted by Crippen LogP contribution is 2.42. The van der Waals surface area contributed by atoms with E-state index < -0.39 is 24.1 Å². The largest absolute Gasteiger partial charge is 0.480 e. The van der Waals surface area contributed by atoms with E-state index in [1.807, 2.05) is 6.92 Å². The molecule has 0 fully saturated rings. The Hall–Kier alpha value is -2.05. The molecule has 1 atom stereocenters. The number of rotatable bonds is 7. The van der Waals surface area contributed by atoms with Gasteiger partial charge in [0.25, 0.3) is 0 Å². The minimum absolute atomic E-state index is 0.0519. The zero-order chi connectivity index (χ0) is 21.1. The van der Waals surface area contributed by atoms with Gasteiger partial charge in [0, 0.05) is 6.42 Å². The van der Waals surface area contributed by atoms with Crippen LogP contribution in [0.15, 0.2) is 18.2 Å². The number of aliphatic carboxylic acids is 1. The highest BCUT2D eigenvalue weighted by molar-refractivity contribution is 6.44. The molecule has 0 heterocycles. The van der Waals surface area contributed by atoms with Crippen LogP contribution in [0.2, 0.25) is 10.0 Å². The third-order valence-corrected chi connectivity index (χ3v) is 5.44. The summed E-state index contributed by atoms with van der Waals surface area (Å²) in [6, 6.07) is 3.26. The second-order valence-corrected chi connectivity index (χ2v) is 7.78. The highest BCUT2D eigenvalue weighted by atomic mass is 35.5. The molecule has 2 rings (SSSR count). The number of carboxylic acid groups (broad SMARTS) is 1. The fourth-order valence-corrected chi connectivity index (χ4v) is 3.40. The van der Waals surface area contributed by atoms with E-state index in [9.17, 15) is 14.4 Å². The van der Waals surface area contributed by atoms with Crippen molar-refractivity contribution in [3.8, 4) is 5.75 Å². The van der Waals surface area contributed by atoms with Crippen LogP contribution in [0.4, 0.5) is 0 Å². The predicted octanol–water partition coefficient (Wildman–Crippen LogP) is 4.55. The minimum atomic E-state index is -1.67. The first-order valence-corrected chi connectivity index (χ1v) is 9.63. The lowest BCUT2D eigenvalue weighted by molar-refractivity contribution is -0.175. The van der Waals surface area contributed by atoms with E-state index in [1.54, 1.807) is 18.2 Å². The highest BCUT2D eigenvalue weighted by Gasteiger charge is 2.32. The number of hydrogen-bond donors (Lipinski definition) is 1. The van der Waals surface area contributed by atoms with Crippen molar-refractivity contribution in [2.45, 2.75) is 45.6 Å². The maximum atomic E-state index is 11.8. The zero-order valence-corrected chi connectivity index (χ0v) is 17.4. The van der Waals surface area contributed by atoms with Crippen LogP contribution in [0.25, 0.3) is 5.57 Å². The van der Waals surface area contributed by atoms with Gasteiger partial charge in [-0.2, -0.15) is 0 Å². The van der Waals surface area contributed by atoms with E-state index in [0.29, 0.717) is 12.0 Å². The van der Waals surface area contributed by atoms with Crippen molar-refractivity contribution in [1.29, 1.82) is 0 Å². The van der Waals surface area contributed by atoms with Gasteiger partial charge >= 0.3 is 11.9 Å². The Morgan fingerprint density at radius 2 is 1.93 bits per heavy atom. The van der Waals surface area contributed by atoms with Crippen LogP contribution in [0, 0.1) is 5.92 Å². The van der Waals surface area contributed by atoms with Gasteiger partial charge in [-0.05, 0) is 62.0 Å². The molecule has 152 valence electrons.